The summed E-state index contributed by atoms with van der Waals surface area (Å²) in [5.74, 6) is 1.53. The van der Waals surface area contributed by atoms with E-state index >= 15 is 0 Å². The molecule has 0 aromatic heterocycles. The van der Waals surface area contributed by atoms with Crippen molar-refractivity contribution in [1.82, 2.24) is 20.7 Å². The third kappa shape index (κ3) is 7.79. The Labute approximate surface area is 249 Å². The van der Waals surface area contributed by atoms with E-state index in [1.54, 1.807) is 9.24 Å². The molecule has 11 heteroatoms. The van der Waals surface area contributed by atoms with E-state index < -0.39 is 29.8 Å². The van der Waals surface area contributed by atoms with Crippen molar-refractivity contribution in [3.8, 4) is 0 Å². The number of aliphatic hydroxyl groups is 1. The van der Waals surface area contributed by atoms with Gasteiger partial charge in [-0.15, -0.1) is 0 Å². The van der Waals surface area contributed by atoms with Crippen LogP contribution in [-0.4, -0.2) is 82.7 Å². The zero-order valence-electron chi connectivity index (χ0n) is 26.1. The van der Waals surface area contributed by atoms with Crippen LogP contribution in [0.25, 0.3) is 0 Å². The standard InChI is InChI=1S/C27H49F2N6OP.C2H6.CH4O/c1-3-5-19-24-20(4-2)34(26(36)23-18(30)14-22(27(28,29)37)32-25(23)31)13-12-21(24)35(33-19)17-10-8-16(9-11-17)15-6-7-15;2*1-2/h15-25,32-33H,3-14,30-31,37H2,1-2H3;1-2H3;2H,1H3. The topological polar surface area (TPSA) is 120 Å². The van der Waals surface area contributed by atoms with Crippen molar-refractivity contribution in [2.75, 3.05) is 13.7 Å². The Morgan fingerprint density at radius 3 is 2.10 bits per heavy atom. The number of carbonyl (C=O) groups is 1. The molecule has 2 aliphatic carbocycles. The second-order valence-electron chi connectivity index (χ2n) is 12.6. The number of piperidine rings is 2. The van der Waals surface area contributed by atoms with Crippen molar-refractivity contribution in [2.45, 2.75) is 146 Å². The highest BCUT2D eigenvalue weighted by atomic mass is 31.0. The highest BCUT2D eigenvalue weighted by Gasteiger charge is 2.54. The minimum atomic E-state index is -3.02. The number of halogens is 2. The van der Waals surface area contributed by atoms with Crippen LogP contribution in [0, 0.1) is 23.7 Å². The molecule has 7 N–H and O–H groups in total. The predicted molar refractivity (Wildman–Crippen MR) is 165 cm³/mol. The van der Waals surface area contributed by atoms with Crippen LogP contribution in [0.5, 0.6) is 0 Å². The number of nitrogens with one attached hydrogen (secondary N) is 2. The SMILES string of the molecule is CC.CCCC1NN(C2CCC(C3CC3)CC2)C2CCN(C(=O)C3C(N)CC(C(F)(F)P)NC3N)C(CC)C12.CO. The fourth-order valence-corrected chi connectivity index (χ4v) is 8.58. The van der Waals surface area contributed by atoms with Gasteiger partial charge in [-0.3, -0.25) is 15.5 Å². The molecule has 0 spiro atoms. The second kappa shape index (κ2) is 15.5. The highest BCUT2D eigenvalue weighted by molar-refractivity contribution is 7.18. The number of likely N-dealkylation sites (tertiary alicyclic amines) is 1. The van der Waals surface area contributed by atoms with Crippen LogP contribution in [-0.2, 0) is 4.79 Å². The van der Waals surface area contributed by atoms with E-state index in [1.165, 1.54) is 38.5 Å². The quantitative estimate of drug-likeness (QED) is 0.282. The summed E-state index contributed by atoms with van der Waals surface area (Å²) in [6, 6.07) is -0.372. The van der Waals surface area contributed by atoms with Crippen molar-refractivity contribution in [2.24, 2.45) is 35.1 Å². The summed E-state index contributed by atoms with van der Waals surface area (Å²) in [4.78, 5) is 16.0. The molecule has 0 radical (unpaired) electrons. The van der Waals surface area contributed by atoms with Crippen LogP contribution < -0.4 is 22.2 Å². The number of hydrogen-bond acceptors (Lipinski definition) is 7. The number of amides is 1. The van der Waals surface area contributed by atoms with E-state index in [2.05, 4.69) is 29.6 Å². The Bertz CT molecular complexity index is 798. The Balaban J connectivity index is 0.00000111. The van der Waals surface area contributed by atoms with Crippen LogP contribution >= 0.6 is 9.24 Å². The molecule has 8 nitrogen and oxygen atoms in total. The number of fused-ring (bicyclic) bond motifs is 1. The van der Waals surface area contributed by atoms with Crippen molar-refractivity contribution < 1.29 is 18.7 Å². The van der Waals surface area contributed by atoms with Crippen LogP contribution in [0.3, 0.4) is 0 Å². The molecule has 2 saturated carbocycles. The van der Waals surface area contributed by atoms with Gasteiger partial charge in [-0.25, -0.2) is 13.8 Å². The maximum absolute atomic E-state index is 14.0. The predicted octanol–water partition coefficient (Wildman–Crippen LogP) is 3.63. The molecule has 1 amide bonds. The summed E-state index contributed by atoms with van der Waals surface area (Å²) in [6.45, 7) is 9.08. The minimum absolute atomic E-state index is 0.0224. The van der Waals surface area contributed by atoms with Crippen molar-refractivity contribution in [3.63, 3.8) is 0 Å². The molecule has 5 rings (SSSR count). The zero-order valence-corrected chi connectivity index (χ0v) is 27.2. The Morgan fingerprint density at radius 1 is 1.02 bits per heavy atom. The summed E-state index contributed by atoms with van der Waals surface area (Å²) in [7, 11) is 2.58. The molecule has 9 atom stereocenters. The van der Waals surface area contributed by atoms with Gasteiger partial charge in [0.05, 0.1) is 18.1 Å². The van der Waals surface area contributed by atoms with Crippen molar-refractivity contribution in [3.05, 3.63) is 0 Å². The van der Waals surface area contributed by atoms with E-state index in [-0.39, 0.29) is 18.4 Å². The maximum Gasteiger partial charge on any atom is 0.273 e. The fourth-order valence-electron chi connectivity index (χ4n) is 8.34. The van der Waals surface area contributed by atoms with Gasteiger partial charge in [0, 0.05) is 49.8 Å². The first kappa shape index (κ1) is 35.0. The third-order valence-corrected chi connectivity index (χ3v) is 10.7. The Kier molecular flexibility index (Phi) is 13.2. The van der Waals surface area contributed by atoms with Gasteiger partial charge in [0.2, 0.25) is 5.91 Å². The number of hydrogen-bond donors (Lipinski definition) is 5. The van der Waals surface area contributed by atoms with Crippen LogP contribution in [0.1, 0.15) is 98.3 Å². The Morgan fingerprint density at radius 2 is 1.61 bits per heavy atom. The number of hydrazine groups is 1. The first-order chi connectivity index (χ1) is 19.6. The first-order valence-electron chi connectivity index (χ1n) is 16.4. The van der Waals surface area contributed by atoms with E-state index in [1.807, 2.05) is 18.7 Å². The first-order valence-corrected chi connectivity index (χ1v) is 16.9. The zero-order chi connectivity index (χ0) is 30.5. The molecule has 3 heterocycles. The molecule has 5 aliphatic rings. The molecule has 0 aromatic rings. The normalized spacial score (nSPS) is 39.6. The molecule has 41 heavy (non-hydrogen) atoms. The summed E-state index contributed by atoms with van der Waals surface area (Å²) in [5, 5.41) is 12.4. The number of aliphatic hydroxyl groups excluding tert-OH is 1. The van der Waals surface area contributed by atoms with Gasteiger partial charge < -0.3 is 21.5 Å². The molecule has 5 fully saturated rings. The number of nitrogens with two attached hydrogens (primary N) is 2. The number of carbonyl (C=O) groups excluding carboxylic acids is 1. The summed E-state index contributed by atoms with van der Waals surface area (Å²) >= 11 is 0. The summed E-state index contributed by atoms with van der Waals surface area (Å²) in [5.41, 5.74) is 13.6. The lowest BCUT2D eigenvalue weighted by atomic mass is 9.76. The highest BCUT2D eigenvalue weighted by Crippen LogP contribution is 2.47. The summed E-state index contributed by atoms with van der Waals surface area (Å²) < 4.78 is 27.9. The molecule has 9 unspecified atom stereocenters. The lowest BCUT2D eigenvalue weighted by Crippen LogP contribution is -2.68. The van der Waals surface area contributed by atoms with Gasteiger partial charge in [-0.05, 0) is 76.0 Å². The molecule has 3 aliphatic heterocycles. The van der Waals surface area contributed by atoms with Crippen molar-refractivity contribution in [1.29, 1.82) is 0 Å². The van der Waals surface area contributed by atoms with Crippen LogP contribution in [0.4, 0.5) is 8.78 Å². The van der Waals surface area contributed by atoms with Crippen LogP contribution in [0.15, 0.2) is 0 Å². The van der Waals surface area contributed by atoms with E-state index in [0.29, 0.717) is 30.6 Å². The lowest BCUT2D eigenvalue weighted by Gasteiger charge is -2.49. The maximum atomic E-state index is 14.0. The van der Waals surface area contributed by atoms with E-state index in [0.717, 1.165) is 44.6 Å². The Hall–Kier alpha value is -0.480. The van der Waals surface area contributed by atoms with E-state index in [4.69, 9.17) is 16.6 Å². The molecular formula is C30H59F2N6O2P. The number of rotatable bonds is 7. The van der Waals surface area contributed by atoms with Gasteiger partial charge in [-0.1, -0.05) is 43.4 Å². The monoisotopic (exact) mass is 604 g/mol. The molecule has 0 bridgehead atoms. The van der Waals surface area contributed by atoms with Gasteiger partial charge in [0.25, 0.3) is 5.66 Å². The van der Waals surface area contributed by atoms with Crippen molar-refractivity contribution >= 4 is 15.1 Å². The number of nitrogens with zero attached hydrogens (tertiary/aromatic N) is 2. The minimum Gasteiger partial charge on any atom is -0.400 e. The van der Waals surface area contributed by atoms with Gasteiger partial charge in [-0.2, -0.15) is 0 Å². The lowest BCUT2D eigenvalue weighted by molar-refractivity contribution is -0.146. The smallest absolute Gasteiger partial charge is 0.273 e. The third-order valence-electron chi connectivity index (χ3n) is 10.3. The van der Waals surface area contributed by atoms with Gasteiger partial charge >= 0.3 is 0 Å². The average Bonchev–Trinajstić information content (AvgIpc) is 3.76. The molecule has 0 aromatic carbocycles. The van der Waals surface area contributed by atoms with Gasteiger partial charge in [0.1, 0.15) is 0 Å². The van der Waals surface area contributed by atoms with Crippen LogP contribution in [0.2, 0.25) is 0 Å². The van der Waals surface area contributed by atoms with Gasteiger partial charge in [0.15, 0.2) is 0 Å². The van der Waals surface area contributed by atoms with E-state index in [9.17, 15) is 13.6 Å². The second-order valence-corrected chi connectivity index (χ2v) is 13.4. The molecule has 240 valence electrons. The number of alkyl halides is 2. The molecular weight excluding hydrogens is 545 g/mol. The average molecular weight is 605 g/mol. The summed E-state index contributed by atoms with van der Waals surface area (Å²) in [6.07, 6.45) is 11.3. The largest absolute Gasteiger partial charge is 0.400 e. The fraction of sp³-hybridized carbons (Fsp3) is 0.967. The molecule has 3 saturated heterocycles.